The Labute approximate surface area is 101 Å². The number of hydrogen-bond donors (Lipinski definition) is 1. The standard InChI is InChI=1S/C14H17FO2/c1-17-14-7-6-11(15)9-13(14)10-4-2-3-5-12(16)8-10/h6-9,12,16H,2-5H2,1H3. The zero-order valence-electron chi connectivity index (χ0n) is 9.95. The van der Waals surface area contributed by atoms with E-state index in [0.29, 0.717) is 5.75 Å². The SMILES string of the molecule is COc1ccc(F)cc1C1=CC(O)CCCC1. The Morgan fingerprint density at radius 2 is 2.18 bits per heavy atom. The smallest absolute Gasteiger partial charge is 0.126 e. The third-order valence-corrected chi connectivity index (χ3v) is 3.10. The summed E-state index contributed by atoms with van der Waals surface area (Å²) in [6, 6.07) is 4.49. The van der Waals surface area contributed by atoms with E-state index in [4.69, 9.17) is 4.74 Å². The number of aliphatic hydroxyl groups is 1. The van der Waals surface area contributed by atoms with Crippen molar-refractivity contribution < 1.29 is 14.2 Å². The number of benzene rings is 1. The molecule has 0 radical (unpaired) electrons. The summed E-state index contributed by atoms with van der Waals surface area (Å²) < 4.78 is 18.5. The van der Waals surface area contributed by atoms with E-state index in [1.54, 1.807) is 13.2 Å². The van der Waals surface area contributed by atoms with Crippen molar-refractivity contribution in [2.45, 2.75) is 31.8 Å². The summed E-state index contributed by atoms with van der Waals surface area (Å²) in [5, 5.41) is 9.74. The minimum Gasteiger partial charge on any atom is -0.496 e. The molecule has 1 aromatic carbocycles. The maximum atomic E-state index is 13.3. The Morgan fingerprint density at radius 3 is 2.94 bits per heavy atom. The van der Waals surface area contributed by atoms with E-state index in [2.05, 4.69) is 0 Å². The zero-order valence-corrected chi connectivity index (χ0v) is 9.95. The highest BCUT2D eigenvalue weighted by molar-refractivity contribution is 5.71. The third-order valence-electron chi connectivity index (χ3n) is 3.10. The van der Waals surface area contributed by atoms with Crippen LogP contribution in [0.25, 0.3) is 5.57 Å². The zero-order chi connectivity index (χ0) is 12.3. The first kappa shape index (κ1) is 12.1. The Kier molecular flexibility index (Phi) is 3.79. The van der Waals surface area contributed by atoms with Crippen molar-refractivity contribution in [3.63, 3.8) is 0 Å². The van der Waals surface area contributed by atoms with E-state index < -0.39 is 6.10 Å². The van der Waals surface area contributed by atoms with Gasteiger partial charge >= 0.3 is 0 Å². The quantitative estimate of drug-likeness (QED) is 0.854. The molecule has 92 valence electrons. The lowest BCUT2D eigenvalue weighted by molar-refractivity contribution is 0.211. The Balaban J connectivity index is 2.40. The fourth-order valence-corrected chi connectivity index (χ4v) is 2.22. The molecule has 3 heteroatoms. The highest BCUT2D eigenvalue weighted by Gasteiger charge is 2.14. The molecule has 1 atom stereocenters. The van der Waals surface area contributed by atoms with Gasteiger partial charge in [0, 0.05) is 5.56 Å². The van der Waals surface area contributed by atoms with Crippen LogP contribution in [0, 0.1) is 5.82 Å². The number of hydrogen-bond acceptors (Lipinski definition) is 2. The number of ether oxygens (including phenoxy) is 1. The highest BCUT2D eigenvalue weighted by atomic mass is 19.1. The molecule has 0 spiro atoms. The average molecular weight is 236 g/mol. The van der Waals surface area contributed by atoms with Crippen molar-refractivity contribution in [1.82, 2.24) is 0 Å². The van der Waals surface area contributed by atoms with Crippen LogP contribution in [0.3, 0.4) is 0 Å². The molecule has 1 aliphatic rings. The second-order valence-electron chi connectivity index (χ2n) is 4.35. The Morgan fingerprint density at radius 1 is 1.35 bits per heavy atom. The molecule has 1 aromatic rings. The van der Waals surface area contributed by atoms with E-state index in [1.807, 2.05) is 6.08 Å². The minimum atomic E-state index is -0.430. The molecule has 2 rings (SSSR count). The summed E-state index contributed by atoms with van der Waals surface area (Å²) in [5.41, 5.74) is 1.74. The van der Waals surface area contributed by atoms with Crippen LogP contribution in [-0.2, 0) is 0 Å². The van der Waals surface area contributed by atoms with Crippen molar-refractivity contribution in [2.24, 2.45) is 0 Å². The number of allylic oxidation sites excluding steroid dienone is 1. The van der Waals surface area contributed by atoms with Gasteiger partial charge in [-0.1, -0.05) is 12.5 Å². The van der Waals surface area contributed by atoms with Gasteiger partial charge in [-0.25, -0.2) is 4.39 Å². The number of aliphatic hydroxyl groups excluding tert-OH is 1. The molecule has 0 fully saturated rings. The normalized spacial score (nSPS) is 20.6. The first-order chi connectivity index (χ1) is 8.20. The van der Waals surface area contributed by atoms with Gasteiger partial charge in [-0.15, -0.1) is 0 Å². The van der Waals surface area contributed by atoms with Gasteiger partial charge in [-0.05, 0) is 43.0 Å². The van der Waals surface area contributed by atoms with Crippen molar-refractivity contribution >= 4 is 5.57 Å². The molecule has 0 heterocycles. The van der Waals surface area contributed by atoms with Crippen molar-refractivity contribution in [1.29, 1.82) is 0 Å². The topological polar surface area (TPSA) is 29.5 Å². The van der Waals surface area contributed by atoms with Crippen LogP contribution in [-0.4, -0.2) is 18.3 Å². The molecule has 2 nitrogen and oxygen atoms in total. The molecule has 0 bridgehead atoms. The molecule has 0 aromatic heterocycles. The van der Waals surface area contributed by atoms with Crippen LogP contribution in [0.5, 0.6) is 5.75 Å². The molecule has 17 heavy (non-hydrogen) atoms. The van der Waals surface area contributed by atoms with Crippen molar-refractivity contribution in [2.75, 3.05) is 7.11 Å². The van der Waals surface area contributed by atoms with Crippen LogP contribution >= 0.6 is 0 Å². The van der Waals surface area contributed by atoms with Gasteiger partial charge in [0.25, 0.3) is 0 Å². The molecule has 1 unspecified atom stereocenters. The van der Waals surface area contributed by atoms with Crippen LogP contribution in [0.15, 0.2) is 24.3 Å². The predicted molar refractivity (Wildman–Crippen MR) is 65.4 cm³/mol. The Hall–Kier alpha value is -1.35. The fourth-order valence-electron chi connectivity index (χ4n) is 2.22. The summed E-state index contributed by atoms with van der Waals surface area (Å²) in [7, 11) is 1.57. The lowest BCUT2D eigenvalue weighted by Crippen LogP contribution is -2.00. The largest absolute Gasteiger partial charge is 0.496 e. The molecule has 0 saturated carbocycles. The number of halogens is 1. The second kappa shape index (κ2) is 5.32. The van der Waals surface area contributed by atoms with E-state index in [1.165, 1.54) is 12.1 Å². The first-order valence-electron chi connectivity index (χ1n) is 5.93. The Bertz CT molecular complexity index is 426. The van der Waals surface area contributed by atoms with Crippen LogP contribution in [0.1, 0.15) is 31.2 Å². The van der Waals surface area contributed by atoms with Gasteiger partial charge in [0.05, 0.1) is 13.2 Å². The lowest BCUT2D eigenvalue weighted by Gasteiger charge is -2.12. The van der Waals surface area contributed by atoms with Gasteiger partial charge in [0.1, 0.15) is 11.6 Å². The molecule has 0 saturated heterocycles. The minimum absolute atomic E-state index is 0.277. The number of methoxy groups -OCH3 is 1. The maximum Gasteiger partial charge on any atom is 0.126 e. The van der Waals surface area contributed by atoms with Crippen LogP contribution in [0.2, 0.25) is 0 Å². The number of rotatable bonds is 2. The van der Waals surface area contributed by atoms with Crippen LogP contribution < -0.4 is 4.74 Å². The molecule has 1 N–H and O–H groups in total. The van der Waals surface area contributed by atoms with Gasteiger partial charge in [0.2, 0.25) is 0 Å². The summed E-state index contributed by atoms with van der Waals surface area (Å²) in [6.45, 7) is 0. The monoisotopic (exact) mass is 236 g/mol. The highest BCUT2D eigenvalue weighted by Crippen LogP contribution is 2.32. The van der Waals surface area contributed by atoms with Gasteiger partial charge in [-0.2, -0.15) is 0 Å². The van der Waals surface area contributed by atoms with Crippen molar-refractivity contribution in [3.8, 4) is 5.75 Å². The molecular formula is C14H17FO2. The summed E-state index contributed by atoms with van der Waals surface area (Å²) >= 11 is 0. The van der Waals surface area contributed by atoms with Crippen molar-refractivity contribution in [3.05, 3.63) is 35.7 Å². The molecule has 0 amide bonds. The van der Waals surface area contributed by atoms with E-state index >= 15 is 0 Å². The maximum absolute atomic E-state index is 13.3. The van der Waals surface area contributed by atoms with E-state index in [0.717, 1.165) is 36.8 Å². The summed E-state index contributed by atoms with van der Waals surface area (Å²) in [6.07, 6.45) is 5.05. The fraction of sp³-hybridized carbons (Fsp3) is 0.429. The lowest BCUT2D eigenvalue weighted by atomic mass is 10.00. The molecule has 0 aliphatic heterocycles. The first-order valence-corrected chi connectivity index (χ1v) is 5.93. The predicted octanol–water partition coefficient (Wildman–Crippen LogP) is 3.15. The summed E-state index contributed by atoms with van der Waals surface area (Å²) in [4.78, 5) is 0. The van der Waals surface area contributed by atoms with Crippen LogP contribution in [0.4, 0.5) is 4.39 Å². The van der Waals surface area contributed by atoms with Gasteiger partial charge < -0.3 is 9.84 Å². The second-order valence-corrected chi connectivity index (χ2v) is 4.35. The summed E-state index contributed by atoms with van der Waals surface area (Å²) in [5.74, 6) is 0.382. The van der Waals surface area contributed by atoms with E-state index in [-0.39, 0.29) is 5.82 Å². The molecular weight excluding hydrogens is 219 g/mol. The van der Waals surface area contributed by atoms with Gasteiger partial charge in [-0.3, -0.25) is 0 Å². The average Bonchev–Trinajstić information content (AvgIpc) is 2.54. The van der Waals surface area contributed by atoms with E-state index in [9.17, 15) is 9.50 Å². The van der Waals surface area contributed by atoms with Gasteiger partial charge in [0.15, 0.2) is 0 Å². The molecule has 1 aliphatic carbocycles. The third kappa shape index (κ3) is 2.86.